The van der Waals surface area contributed by atoms with Crippen LogP contribution in [-0.4, -0.2) is 15.8 Å². The van der Waals surface area contributed by atoms with E-state index in [1.807, 2.05) is 6.21 Å². The zero-order chi connectivity index (χ0) is 28.1. The minimum atomic E-state index is 0.804. The molecule has 214 valence electrons. The third-order valence-corrected chi connectivity index (χ3v) is 8.49. The minimum Gasteiger partial charge on any atom is -0.308 e. The van der Waals surface area contributed by atoms with Crippen molar-refractivity contribution in [1.82, 2.24) is 9.55 Å². The molecule has 0 aliphatic carbocycles. The molecule has 5 aromatic rings. The highest BCUT2D eigenvalue weighted by atomic mass is 15.2. The summed E-state index contributed by atoms with van der Waals surface area (Å²) in [5.74, 6) is 0.804. The molecule has 0 aliphatic rings. The molecule has 3 heteroatoms. The number of fused-ring (bicyclic) bond motifs is 3. The molecule has 0 radical (unpaired) electrons. The Kier molecular flexibility index (Phi) is 11.0. The average Bonchev–Trinajstić information content (AvgIpc) is 3.36. The van der Waals surface area contributed by atoms with Gasteiger partial charge in [0.25, 0.3) is 0 Å². The van der Waals surface area contributed by atoms with Crippen molar-refractivity contribution in [2.24, 2.45) is 4.99 Å². The fraction of sp³-hybridized carbons (Fsp3) is 0.421. The molecule has 0 atom stereocenters. The van der Waals surface area contributed by atoms with E-state index in [9.17, 15) is 0 Å². The molecular formula is C38H47N3. The van der Waals surface area contributed by atoms with Gasteiger partial charge in [-0.1, -0.05) is 151 Å². The van der Waals surface area contributed by atoms with Gasteiger partial charge in [0.1, 0.15) is 0 Å². The largest absolute Gasteiger partial charge is 0.308 e. The fourth-order valence-electron chi connectivity index (χ4n) is 6.16. The second-order valence-electron chi connectivity index (χ2n) is 11.6. The molecule has 0 unspecified atom stereocenters. The number of rotatable bonds is 17. The van der Waals surface area contributed by atoms with E-state index in [4.69, 9.17) is 9.98 Å². The number of para-hydroxylation sites is 2. The van der Waals surface area contributed by atoms with E-state index in [1.165, 1.54) is 111 Å². The Morgan fingerprint density at radius 1 is 0.610 bits per heavy atom. The van der Waals surface area contributed by atoms with Gasteiger partial charge in [-0.3, -0.25) is 0 Å². The second-order valence-corrected chi connectivity index (χ2v) is 11.6. The molecule has 5 rings (SSSR count). The molecule has 0 spiro atoms. The lowest BCUT2D eigenvalue weighted by atomic mass is 9.97. The van der Waals surface area contributed by atoms with Gasteiger partial charge < -0.3 is 4.57 Å². The predicted octanol–water partition coefficient (Wildman–Crippen LogP) is 11.6. The monoisotopic (exact) mass is 545 g/mol. The number of aliphatic imine (C=N–C) groups is 1. The summed E-state index contributed by atoms with van der Waals surface area (Å²) in [6.45, 7) is 3.25. The molecule has 4 aromatic carbocycles. The number of hydrogen-bond acceptors (Lipinski definition) is 2. The van der Waals surface area contributed by atoms with E-state index in [1.54, 1.807) is 0 Å². The second kappa shape index (κ2) is 15.5. The maximum absolute atomic E-state index is 5.03. The number of aryl methyl sites for hydroxylation is 1. The minimum absolute atomic E-state index is 0.804. The van der Waals surface area contributed by atoms with E-state index in [-0.39, 0.29) is 0 Å². The molecule has 0 saturated heterocycles. The first kappa shape index (κ1) is 29.0. The molecule has 0 saturated carbocycles. The van der Waals surface area contributed by atoms with E-state index in [2.05, 4.69) is 90.4 Å². The molecule has 0 N–H and O–H groups in total. The summed E-state index contributed by atoms with van der Waals surface area (Å²) in [7, 11) is 0. The van der Waals surface area contributed by atoms with Crippen molar-refractivity contribution in [2.75, 3.05) is 0 Å². The topological polar surface area (TPSA) is 30.2 Å². The molecule has 41 heavy (non-hydrogen) atoms. The van der Waals surface area contributed by atoms with Gasteiger partial charge in [-0.2, -0.15) is 0 Å². The van der Waals surface area contributed by atoms with Crippen LogP contribution in [0.5, 0.6) is 0 Å². The molecule has 1 aromatic heterocycles. The predicted molar refractivity (Wildman–Crippen MR) is 179 cm³/mol. The van der Waals surface area contributed by atoms with Crippen molar-refractivity contribution < 1.29 is 0 Å². The quantitative estimate of drug-likeness (QED) is 0.0649. The van der Waals surface area contributed by atoms with Crippen LogP contribution in [-0.2, 0) is 6.54 Å². The third-order valence-electron chi connectivity index (χ3n) is 8.49. The number of hydrogen-bond donors (Lipinski definition) is 0. The van der Waals surface area contributed by atoms with Crippen LogP contribution in [0, 0.1) is 0 Å². The van der Waals surface area contributed by atoms with E-state index >= 15 is 0 Å². The van der Waals surface area contributed by atoms with Crippen molar-refractivity contribution >= 4 is 44.7 Å². The van der Waals surface area contributed by atoms with Crippen LogP contribution in [0.3, 0.4) is 0 Å². The van der Waals surface area contributed by atoms with E-state index in [0.717, 1.165) is 30.0 Å². The van der Waals surface area contributed by atoms with Crippen molar-refractivity contribution in [3.8, 4) is 0 Å². The Morgan fingerprint density at radius 2 is 1.12 bits per heavy atom. The molecule has 1 heterocycles. The van der Waals surface area contributed by atoms with Gasteiger partial charge in [0.15, 0.2) is 0 Å². The van der Waals surface area contributed by atoms with Gasteiger partial charge in [-0.15, -0.1) is 0 Å². The van der Waals surface area contributed by atoms with Crippen LogP contribution in [0.15, 0.2) is 83.9 Å². The number of nitrogens with zero attached hydrogens (tertiary/aromatic N) is 3. The van der Waals surface area contributed by atoms with Gasteiger partial charge in [-0.25, -0.2) is 9.98 Å². The first-order valence-electron chi connectivity index (χ1n) is 16.2. The van der Waals surface area contributed by atoms with Gasteiger partial charge in [-0.05, 0) is 46.2 Å². The van der Waals surface area contributed by atoms with Crippen LogP contribution in [0.2, 0.25) is 0 Å². The van der Waals surface area contributed by atoms with Gasteiger partial charge >= 0.3 is 0 Å². The number of aromatic nitrogens is 2. The first-order chi connectivity index (χ1) is 20.3. The standard InChI is InChI=1S/C38H47N3/c1-2-3-4-5-6-7-8-9-10-11-12-13-14-21-28-41-37-27-20-19-26-36(37)40-38(41)39-30-35-33-24-17-15-22-31(33)29-32-23-16-18-25-34(32)35/h15-20,22-27,29-30H,2-14,21,28H2,1H3. The van der Waals surface area contributed by atoms with Crippen molar-refractivity contribution in [1.29, 1.82) is 0 Å². The van der Waals surface area contributed by atoms with Crippen LogP contribution in [0.1, 0.15) is 102 Å². The fourth-order valence-corrected chi connectivity index (χ4v) is 6.16. The van der Waals surface area contributed by atoms with Gasteiger partial charge in [0.05, 0.1) is 11.0 Å². The lowest BCUT2D eigenvalue weighted by molar-refractivity contribution is 0.526. The normalized spacial score (nSPS) is 11.9. The maximum atomic E-state index is 5.03. The van der Waals surface area contributed by atoms with Crippen molar-refractivity contribution in [2.45, 2.75) is 103 Å². The van der Waals surface area contributed by atoms with Crippen LogP contribution >= 0.6 is 0 Å². The Bertz CT molecular complexity index is 1490. The van der Waals surface area contributed by atoms with E-state index < -0.39 is 0 Å². The van der Waals surface area contributed by atoms with Crippen LogP contribution < -0.4 is 0 Å². The summed E-state index contributed by atoms with van der Waals surface area (Å²) in [4.78, 5) is 9.96. The number of benzene rings is 4. The average molecular weight is 546 g/mol. The molecule has 0 aliphatic heterocycles. The summed E-state index contributed by atoms with van der Waals surface area (Å²) in [5.41, 5.74) is 3.36. The third kappa shape index (κ3) is 7.85. The molecule has 0 bridgehead atoms. The summed E-state index contributed by atoms with van der Waals surface area (Å²) < 4.78 is 2.32. The SMILES string of the molecule is CCCCCCCCCCCCCCCCn1c(N=Cc2c3ccccc3cc3ccccc23)nc2ccccc21. The molecular weight excluding hydrogens is 498 g/mol. The summed E-state index contributed by atoms with van der Waals surface area (Å²) in [5, 5.41) is 4.93. The smallest absolute Gasteiger partial charge is 0.230 e. The van der Waals surface area contributed by atoms with Gasteiger partial charge in [0, 0.05) is 18.3 Å². The number of imidazole rings is 1. The van der Waals surface area contributed by atoms with Crippen molar-refractivity contribution in [3.05, 3.63) is 84.4 Å². The zero-order valence-corrected chi connectivity index (χ0v) is 25.0. The molecule has 3 nitrogen and oxygen atoms in total. The summed E-state index contributed by atoms with van der Waals surface area (Å²) >= 11 is 0. The van der Waals surface area contributed by atoms with Crippen LogP contribution in [0.4, 0.5) is 5.95 Å². The highest BCUT2D eigenvalue weighted by molar-refractivity contribution is 6.13. The lowest BCUT2D eigenvalue weighted by Gasteiger charge is -2.09. The Balaban J connectivity index is 1.17. The Labute approximate surface area is 246 Å². The lowest BCUT2D eigenvalue weighted by Crippen LogP contribution is -1.98. The summed E-state index contributed by atoms with van der Waals surface area (Å²) in [6, 6.07) is 27.9. The van der Waals surface area contributed by atoms with E-state index in [0.29, 0.717) is 0 Å². The first-order valence-corrected chi connectivity index (χ1v) is 16.2. The highest BCUT2D eigenvalue weighted by Crippen LogP contribution is 2.29. The highest BCUT2D eigenvalue weighted by Gasteiger charge is 2.11. The Hall–Kier alpha value is -3.46. The maximum Gasteiger partial charge on any atom is 0.230 e. The number of unbranched alkanes of at least 4 members (excludes halogenated alkanes) is 13. The summed E-state index contributed by atoms with van der Waals surface area (Å²) in [6.07, 6.45) is 21.3. The van der Waals surface area contributed by atoms with Crippen molar-refractivity contribution in [3.63, 3.8) is 0 Å². The zero-order valence-electron chi connectivity index (χ0n) is 25.0. The molecule has 0 amide bonds. The van der Waals surface area contributed by atoms with Crippen LogP contribution in [0.25, 0.3) is 32.6 Å². The Morgan fingerprint density at radius 3 is 1.73 bits per heavy atom. The van der Waals surface area contributed by atoms with Gasteiger partial charge in [0.2, 0.25) is 5.95 Å². The molecule has 0 fully saturated rings.